The van der Waals surface area contributed by atoms with E-state index < -0.39 is 11.7 Å². The molecule has 0 aliphatic rings. The fourth-order valence-corrected chi connectivity index (χ4v) is 1.13. The molecule has 6 heteroatoms. The molecule has 0 saturated heterocycles. The minimum Gasteiger partial charge on any atom is -0.394 e. The quantitative estimate of drug-likeness (QED) is 0.776. The number of halogens is 1. The van der Waals surface area contributed by atoms with Gasteiger partial charge in [0.15, 0.2) is 0 Å². The third kappa shape index (κ3) is 2.46. The molecule has 1 atom stereocenters. The van der Waals surface area contributed by atoms with Crippen molar-refractivity contribution in [2.45, 2.75) is 13.0 Å². The molecule has 0 aromatic carbocycles. The summed E-state index contributed by atoms with van der Waals surface area (Å²) in [4.78, 5) is 16.7. The fraction of sp³-hybridized carbons (Fsp3) is 0.400. The maximum absolute atomic E-state index is 12.9. The van der Waals surface area contributed by atoms with E-state index in [1.807, 2.05) is 0 Å². The first-order valence-corrected chi connectivity index (χ1v) is 4.76. The summed E-state index contributed by atoms with van der Waals surface area (Å²) in [6.45, 7) is 1.49. The van der Waals surface area contributed by atoms with Gasteiger partial charge in [-0.15, -0.1) is 0 Å². The fourth-order valence-electron chi connectivity index (χ4n) is 1.13. The van der Waals surface area contributed by atoms with E-state index in [1.165, 1.54) is 11.9 Å². The van der Waals surface area contributed by atoms with Gasteiger partial charge in [0.05, 0.1) is 24.4 Å². The van der Waals surface area contributed by atoms with Crippen LogP contribution in [0, 0.1) is 5.82 Å². The molecule has 1 unspecified atom stereocenters. The summed E-state index contributed by atoms with van der Waals surface area (Å²) in [5.74, 6) is -1.11. The van der Waals surface area contributed by atoms with Crippen LogP contribution in [0.25, 0.3) is 0 Å². The van der Waals surface area contributed by atoms with E-state index in [4.69, 9.17) is 10.8 Å². The van der Waals surface area contributed by atoms with Gasteiger partial charge in [-0.25, -0.2) is 9.37 Å². The Morgan fingerprint density at radius 2 is 2.38 bits per heavy atom. The molecule has 1 aromatic heterocycles. The molecular weight excluding hydrogens is 213 g/mol. The first-order chi connectivity index (χ1) is 7.47. The lowest BCUT2D eigenvalue weighted by molar-refractivity contribution is 0.0682. The van der Waals surface area contributed by atoms with Gasteiger partial charge >= 0.3 is 0 Å². The number of nitrogens with two attached hydrogens (primary N) is 1. The number of aromatic nitrogens is 1. The van der Waals surface area contributed by atoms with Crippen molar-refractivity contribution in [3.63, 3.8) is 0 Å². The predicted octanol–water partition coefficient (Wildman–Crippen LogP) is 0.256. The molecule has 1 heterocycles. The molecule has 0 spiro atoms. The van der Waals surface area contributed by atoms with Crippen LogP contribution in [0.5, 0.6) is 0 Å². The number of amides is 1. The number of hydrogen-bond acceptors (Lipinski definition) is 4. The van der Waals surface area contributed by atoms with Crippen LogP contribution in [0.15, 0.2) is 12.3 Å². The van der Waals surface area contributed by atoms with Gasteiger partial charge in [0.25, 0.3) is 5.91 Å². The van der Waals surface area contributed by atoms with Crippen LogP contribution < -0.4 is 5.73 Å². The van der Waals surface area contributed by atoms with Gasteiger partial charge < -0.3 is 15.7 Å². The zero-order valence-corrected chi connectivity index (χ0v) is 9.14. The largest absolute Gasteiger partial charge is 0.394 e. The van der Waals surface area contributed by atoms with E-state index in [0.29, 0.717) is 0 Å². The van der Waals surface area contributed by atoms with Crippen molar-refractivity contribution >= 4 is 11.7 Å². The Bertz CT molecular complexity index is 398. The first kappa shape index (κ1) is 12.4. The predicted molar refractivity (Wildman–Crippen MR) is 57.2 cm³/mol. The van der Waals surface area contributed by atoms with Crippen molar-refractivity contribution in [3.8, 4) is 0 Å². The summed E-state index contributed by atoms with van der Waals surface area (Å²) in [7, 11) is 1.51. The van der Waals surface area contributed by atoms with Crippen molar-refractivity contribution in [3.05, 3.63) is 23.6 Å². The average molecular weight is 227 g/mol. The monoisotopic (exact) mass is 227 g/mol. The summed E-state index contributed by atoms with van der Waals surface area (Å²) in [6.07, 6.45) is 0.946. The smallest absolute Gasteiger partial charge is 0.257 e. The lowest BCUT2D eigenvalue weighted by Crippen LogP contribution is -2.37. The molecule has 0 radical (unpaired) electrons. The van der Waals surface area contributed by atoms with E-state index in [0.717, 1.165) is 12.3 Å². The Balaban J connectivity index is 3.00. The lowest BCUT2D eigenvalue weighted by Gasteiger charge is -2.23. The molecule has 0 saturated carbocycles. The van der Waals surface area contributed by atoms with Crippen molar-refractivity contribution in [2.24, 2.45) is 0 Å². The Morgan fingerprint density at radius 1 is 1.75 bits per heavy atom. The summed E-state index contributed by atoms with van der Waals surface area (Å²) in [5, 5.41) is 8.91. The molecule has 0 aliphatic heterocycles. The Hall–Kier alpha value is -1.69. The van der Waals surface area contributed by atoms with Crippen molar-refractivity contribution < 1.29 is 14.3 Å². The molecule has 88 valence electrons. The van der Waals surface area contributed by atoms with Gasteiger partial charge in [0.1, 0.15) is 11.6 Å². The highest BCUT2D eigenvalue weighted by atomic mass is 19.1. The van der Waals surface area contributed by atoms with Crippen molar-refractivity contribution in [1.82, 2.24) is 9.88 Å². The Morgan fingerprint density at radius 3 is 2.94 bits per heavy atom. The van der Waals surface area contributed by atoms with Crippen LogP contribution in [-0.4, -0.2) is 40.6 Å². The molecule has 0 fully saturated rings. The van der Waals surface area contributed by atoms with Gasteiger partial charge in [0, 0.05) is 7.05 Å². The van der Waals surface area contributed by atoms with E-state index >= 15 is 0 Å². The molecule has 5 nitrogen and oxygen atoms in total. The molecule has 1 amide bonds. The second kappa shape index (κ2) is 4.89. The zero-order valence-electron chi connectivity index (χ0n) is 9.14. The first-order valence-electron chi connectivity index (χ1n) is 4.76. The van der Waals surface area contributed by atoms with Crippen LogP contribution in [0.3, 0.4) is 0 Å². The highest BCUT2D eigenvalue weighted by Crippen LogP contribution is 2.13. The van der Waals surface area contributed by atoms with Gasteiger partial charge in [-0.1, -0.05) is 0 Å². The minimum absolute atomic E-state index is 0.00259. The topological polar surface area (TPSA) is 79.5 Å². The number of pyridine rings is 1. The van der Waals surface area contributed by atoms with Gasteiger partial charge in [0.2, 0.25) is 0 Å². The zero-order chi connectivity index (χ0) is 12.3. The maximum atomic E-state index is 12.9. The third-order valence-electron chi connectivity index (χ3n) is 2.36. The van der Waals surface area contributed by atoms with Crippen LogP contribution in [0.1, 0.15) is 17.3 Å². The Labute approximate surface area is 92.7 Å². The summed E-state index contributed by atoms with van der Waals surface area (Å²) in [5.41, 5.74) is 5.48. The lowest BCUT2D eigenvalue weighted by atomic mass is 10.2. The summed E-state index contributed by atoms with van der Waals surface area (Å²) < 4.78 is 12.9. The van der Waals surface area contributed by atoms with Crippen LogP contribution in [0.2, 0.25) is 0 Å². The van der Waals surface area contributed by atoms with Crippen LogP contribution in [-0.2, 0) is 0 Å². The SMILES string of the molecule is CC(CO)N(C)C(=O)c1cc(F)cnc1N. The number of likely N-dealkylation sites (N-methyl/N-ethyl adjacent to an activating group) is 1. The number of nitrogen functional groups attached to an aromatic ring is 1. The number of rotatable bonds is 3. The molecule has 16 heavy (non-hydrogen) atoms. The van der Waals surface area contributed by atoms with E-state index in [9.17, 15) is 9.18 Å². The molecule has 1 aromatic rings. The third-order valence-corrected chi connectivity index (χ3v) is 2.36. The second-order valence-electron chi connectivity index (χ2n) is 3.53. The summed E-state index contributed by atoms with van der Waals surface area (Å²) >= 11 is 0. The van der Waals surface area contributed by atoms with Gasteiger partial charge in [-0.05, 0) is 13.0 Å². The second-order valence-corrected chi connectivity index (χ2v) is 3.53. The molecule has 0 bridgehead atoms. The minimum atomic E-state index is -0.623. The number of anilines is 1. The standard InChI is InChI=1S/C10H14FN3O2/c1-6(5-15)14(2)10(16)8-3-7(11)4-13-9(8)12/h3-4,6,15H,5H2,1-2H3,(H2,12,13). The van der Waals surface area contributed by atoms with Crippen LogP contribution in [0.4, 0.5) is 10.2 Å². The molecule has 3 N–H and O–H groups in total. The maximum Gasteiger partial charge on any atom is 0.257 e. The van der Waals surface area contributed by atoms with E-state index in [-0.39, 0.29) is 24.0 Å². The van der Waals surface area contributed by atoms with Crippen molar-refractivity contribution in [2.75, 3.05) is 19.4 Å². The molecule has 1 rings (SSSR count). The Kier molecular flexibility index (Phi) is 3.78. The number of aliphatic hydroxyl groups excluding tert-OH is 1. The number of hydrogen-bond donors (Lipinski definition) is 2. The number of carbonyl (C=O) groups is 1. The van der Waals surface area contributed by atoms with Gasteiger partial charge in [-0.3, -0.25) is 4.79 Å². The van der Waals surface area contributed by atoms with E-state index in [1.54, 1.807) is 6.92 Å². The molecule has 0 aliphatic carbocycles. The number of aliphatic hydroxyl groups is 1. The number of carbonyl (C=O) groups excluding carboxylic acids is 1. The van der Waals surface area contributed by atoms with E-state index in [2.05, 4.69) is 4.98 Å². The molecular formula is C10H14FN3O2. The summed E-state index contributed by atoms with van der Waals surface area (Å²) in [6, 6.07) is 0.667. The number of nitrogens with zero attached hydrogens (tertiary/aromatic N) is 2. The van der Waals surface area contributed by atoms with Crippen molar-refractivity contribution in [1.29, 1.82) is 0 Å². The highest BCUT2D eigenvalue weighted by Gasteiger charge is 2.20. The normalized spacial score (nSPS) is 12.2. The van der Waals surface area contributed by atoms with Gasteiger partial charge in [-0.2, -0.15) is 0 Å². The van der Waals surface area contributed by atoms with Crippen LogP contribution >= 0.6 is 0 Å². The highest BCUT2D eigenvalue weighted by molar-refractivity contribution is 5.98. The average Bonchev–Trinajstić information content (AvgIpc) is 2.29.